The first-order valence-corrected chi connectivity index (χ1v) is 5.98. The minimum Gasteiger partial charge on any atom is -0.385 e. The molecule has 0 heterocycles. The predicted molar refractivity (Wildman–Crippen MR) is 69.6 cm³/mol. The van der Waals surface area contributed by atoms with Crippen molar-refractivity contribution >= 4 is 5.69 Å². The van der Waals surface area contributed by atoms with E-state index in [4.69, 9.17) is 0 Å². The number of hydrogen-bond acceptors (Lipinski definition) is 1. The fourth-order valence-corrected chi connectivity index (χ4v) is 1.78. The van der Waals surface area contributed by atoms with Gasteiger partial charge in [0.15, 0.2) is 11.6 Å². The van der Waals surface area contributed by atoms with Crippen LogP contribution in [0.1, 0.15) is 12.0 Å². The van der Waals surface area contributed by atoms with Crippen molar-refractivity contribution in [3.63, 3.8) is 0 Å². The van der Waals surface area contributed by atoms with Crippen molar-refractivity contribution in [3.05, 3.63) is 65.7 Å². The molecule has 0 aliphatic heterocycles. The zero-order valence-electron chi connectivity index (χ0n) is 10.00. The Balaban J connectivity index is 1.77. The third-order valence-electron chi connectivity index (χ3n) is 2.73. The molecule has 1 nitrogen and oxygen atoms in total. The summed E-state index contributed by atoms with van der Waals surface area (Å²) in [6.45, 7) is 0.809. The summed E-state index contributed by atoms with van der Waals surface area (Å²) in [5.41, 5.74) is 1.89. The Hall–Kier alpha value is -1.90. The monoisotopic (exact) mass is 247 g/mol. The van der Waals surface area contributed by atoms with Crippen molar-refractivity contribution in [2.45, 2.75) is 12.8 Å². The summed E-state index contributed by atoms with van der Waals surface area (Å²) in [6, 6.07) is 14.0. The van der Waals surface area contributed by atoms with Gasteiger partial charge in [-0.25, -0.2) is 8.78 Å². The van der Waals surface area contributed by atoms with Gasteiger partial charge in [-0.15, -0.1) is 0 Å². The second-order valence-electron chi connectivity index (χ2n) is 4.14. The number of hydrogen-bond donors (Lipinski definition) is 1. The normalized spacial score (nSPS) is 10.3. The van der Waals surface area contributed by atoms with Gasteiger partial charge in [0.25, 0.3) is 0 Å². The Kier molecular flexibility index (Phi) is 4.29. The molecule has 0 unspecified atom stereocenters. The van der Waals surface area contributed by atoms with Crippen LogP contribution in [-0.2, 0) is 6.42 Å². The van der Waals surface area contributed by atoms with Crippen LogP contribution in [0.2, 0.25) is 0 Å². The van der Waals surface area contributed by atoms with Crippen LogP contribution in [0.25, 0.3) is 0 Å². The average Bonchev–Trinajstić information content (AvgIpc) is 2.40. The second kappa shape index (κ2) is 6.15. The van der Waals surface area contributed by atoms with Crippen molar-refractivity contribution in [2.75, 3.05) is 11.9 Å². The third kappa shape index (κ3) is 3.55. The van der Waals surface area contributed by atoms with Crippen molar-refractivity contribution in [1.29, 1.82) is 0 Å². The lowest BCUT2D eigenvalue weighted by molar-refractivity contribution is 0.507. The van der Waals surface area contributed by atoms with E-state index in [1.807, 2.05) is 30.3 Å². The first-order valence-electron chi connectivity index (χ1n) is 5.98. The molecule has 0 saturated heterocycles. The Morgan fingerprint density at radius 3 is 2.39 bits per heavy atom. The smallest absolute Gasteiger partial charge is 0.159 e. The van der Waals surface area contributed by atoms with Crippen LogP contribution in [-0.4, -0.2) is 6.54 Å². The van der Waals surface area contributed by atoms with Crippen molar-refractivity contribution in [2.24, 2.45) is 0 Å². The lowest BCUT2D eigenvalue weighted by Gasteiger charge is -2.06. The van der Waals surface area contributed by atoms with Gasteiger partial charge in [-0.3, -0.25) is 0 Å². The highest BCUT2D eigenvalue weighted by Gasteiger charge is 2.02. The highest BCUT2D eigenvalue weighted by atomic mass is 19.2. The maximum absolute atomic E-state index is 13.0. The Labute approximate surface area is 105 Å². The van der Waals surface area contributed by atoms with Crippen molar-refractivity contribution in [3.8, 4) is 0 Å². The molecular formula is C15H15F2N. The van der Waals surface area contributed by atoms with Gasteiger partial charge in [-0.05, 0) is 42.7 Å². The molecule has 1 N–H and O–H groups in total. The number of halogens is 2. The second-order valence-corrected chi connectivity index (χ2v) is 4.14. The number of rotatable bonds is 5. The molecule has 0 aliphatic carbocycles. The van der Waals surface area contributed by atoms with Gasteiger partial charge >= 0.3 is 0 Å². The minimum atomic E-state index is -0.791. The molecule has 0 atom stereocenters. The summed E-state index contributed by atoms with van der Waals surface area (Å²) >= 11 is 0. The Morgan fingerprint density at radius 2 is 1.67 bits per heavy atom. The molecule has 2 aromatic rings. The lowest BCUT2D eigenvalue weighted by Crippen LogP contribution is -2.03. The van der Waals surface area contributed by atoms with E-state index in [0.29, 0.717) is 0 Å². The zero-order valence-corrected chi connectivity index (χ0v) is 10.00. The molecule has 0 fully saturated rings. The van der Waals surface area contributed by atoms with Gasteiger partial charge in [0.2, 0.25) is 0 Å². The van der Waals surface area contributed by atoms with Crippen LogP contribution in [0, 0.1) is 11.6 Å². The standard InChI is InChI=1S/C15H15F2N/c16-14-9-8-12(11-15(14)17)5-4-10-18-13-6-2-1-3-7-13/h1-3,6-9,11,18H,4-5,10H2. The first-order chi connectivity index (χ1) is 8.75. The van der Waals surface area contributed by atoms with Gasteiger partial charge in [0.1, 0.15) is 0 Å². The van der Waals surface area contributed by atoms with E-state index >= 15 is 0 Å². The van der Waals surface area contributed by atoms with E-state index in [2.05, 4.69) is 5.32 Å². The molecule has 18 heavy (non-hydrogen) atoms. The quantitative estimate of drug-likeness (QED) is 0.787. The summed E-state index contributed by atoms with van der Waals surface area (Å²) < 4.78 is 25.7. The largest absolute Gasteiger partial charge is 0.385 e. The van der Waals surface area contributed by atoms with E-state index in [-0.39, 0.29) is 0 Å². The van der Waals surface area contributed by atoms with E-state index in [0.717, 1.165) is 30.6 Å². The third-order valence-corrected chi connectivity index (χ3v) is 2.73. The average molecular weight is 247 g/mol. The molecule has 0 saturated carbocycles. The molecule has 0 aliphatic rings. The fraction of sp³-hybridized carbons (Fsp3) is 0.200. The van der Waals surface area contributed by atoms with Gasteiger partial charge in [-0.1, -0.05) is 24.3 Å². The number of benzene rings is 2. The molecule has 0 amide bonds. The Morgan fingerprint density at radius 1 is 0.889 bits per heavy atom. The van der Waals surface area contributed by atoms with Crippen LogP contribution in [0.5, 0.6) is 0 Å². The molecule has 0 bridgehead atoms. The van der Waals surface area contributed by atoms with E-state index in [1.165, 1.54) is 12.1 Å². The first kappa shape index (κ1) is 12.6. The summed E-state index contributed by atoms with van der Waals surface area (Å²) in [5, 5.41) is 3.27. The van der Waals surface area contributed by atoms with E-state index < -0.39 is 11.6 Å². The highest BCUT2D eigenvalue weighted by molar-refractivity contribution is 5.42. The van der Waals surface area contributed by atoms with Crippen LogP contribution in [0.15, 0.2) is 48.5 Å². The number of para-hydroxylation sites is 1. The Bertz CT molecular complexity index is 497. The van der Waals surface area contributed by atoms with Crippen LogP contribution < -0.4 is 5.32 Å². The lowest BCUT2D eigenvalue weighted by atomic mass is 10.1. The van der Waals surface area contributed by atoms with Crippen molar-refractivity contribution in [1.82, 2.24) is 0 Å². The molecule has 0 spiro atoms. The summed E-state index contributed by atoms with van der Waals surface area (Å²) in [4.78, 5) is 0. The van der Waals surface area contributed by atoms with Crippen LogP contribution in [0.3, 0.4) is 0 Å². The van der Waals surface area contributed by atoms with Gasteiger partial charge < -0.3 is 5.32 Å². The molecule has 0 aromatic heterocycles. The molecule has 0 radical (unpaired) electrons. The SMILES string of the molecule is Fc1ccc(CCCNc2ccccc2)cc1F. The molecule has 2 rings (SSSR count). The minimum absolute atomic E-state index is 0.733. The number of aryl methyl sites for hydroxylation is 1. The molecule has 94 valence electrons. The topological polar surface area (TPSA) is 12.0 Å². The summed E-state index contributed by atoms with van der Waals surface area (Å²) in [5.74, 6) is -1.57. The van der Waals surface area contributed by atoms with E-state index in [1.54, 1.807) is 6.07 Å². The summed E-state index contributed by atoms with van der Waals surface area (Å²) in [6.07, 6.45) is 1.61. The number of nitrogens with one attached hydrogen (secondary N) is 1. The van der Waals surface area contributed by atoms with Crippen LogP contribution in [0.4, 0.5) is 14.5 Å². The molecule has 2 aromatic carbocycles. The van der Waals surface area contributed by atoms with Gasteiger partial charge in [-0.2, -0.15) is 0 Å². The van der Waals surface area contributed by atoms with E-state index in [9.17, 15) is 8.78 Å². The molecular weight excluding hydrogens is 232 g/mol. The van der Waals surface area contributed by atoms with Gasteiger partial charge in [0.05, 0.1) is 0 Å². The van der Waals surface area contributed by atoms with Gasteiger partial charge in [0, 0.05) is 12.2 Å². The predicted octanol–water partition coefficient (Wildman–Crippen LogP) is 4.01. The number of anilines is 1. The van der Waals surface area contributed by atoms with Crippen molar-refractivity contribution < 1.29 is 8.78 Å². The maximum Gasteiger partial charge on any atom is 0.159 e. The fourth-order valence-electron chi connectivity index (χ4n) is 1.78. The van der Waals surface area contributed by atoms with Crippen LogP contribution >= 0.6 is 0 Å². The summed E-state index contributed by atoms with van der Waals surface area (Å²) in [7, 11) is 0. The molecule has 3 heteroatoms. The maximum atomic E-state index is 13.0. The zero-order chi connectivity index (χ0) is 12.8. The highest BCUT2D eigenvalue weighted by Crippen LogP contribution is 2.11.